The Kier molecular flexibility index (Phi) is 5.52. The highest BCUT2D eigenvalue weighted by molar-refractivity contribution is 6.05. The van der Waals surface area contributed by atoms with Crippen molar-refractivity contribution in [3.8, 4) is 5.75 Å². The molecule has 1 aliphatic heterocycles. The van der Waals surface area contributed by atoms with Crippen molar-refractivity contribution in [2.45, 2.75) is 65.8 Å². The number of benzene rings is 1. The van der Waals surface area contributed by atoms with E-state index in [1.165, 1.54) is 0 Å². The number of phenols is 1. The lowest BCUT2D eigenvalue weighted by molar-refractivity contribution is 0.0962. The molecular formula is C25H33N3O2. The van der Waals surface area contributed by atoms with Crippen molar-refractivity contribution in [1.82, 2.24) is 9.88 Å². The van der Waals surface area contributed by atoms with E-state index in [4.69, 9.17) is 0 Å². The maximum absolute atomic E-state index is 13.4. The standard InChI is InChI=1S/C25H33N3O2/c1-15-9-10-16-13-28(23(26-8)21(16)27-15)14-20(29)17-11-18(24(2,3)4)22(30)19(12-17)25(5,6)7/h9-12,30H,13-14H2,1-8H3/b26-23-. The molecule has 1 N–H and O–H groups in total. The second kappa shape index (κ2) is 7.53. The Balaban J connectivity index is 1.98. The Bertz CT molecular complexity index is 989. The number of aryl methyl sites for hydroxylation is 1. The molecule has 1 aromatic carbocycles. The number of pyridine rings is 1. The van der Waals surface area contributed by atoms with Crippen LogP contribution in [0.3, 0.4) is 0 Å². The number of ketones is 1. The fraction of sp³-hybridized carbons (Fsp3) is 0.480. The molecule has 0 amide bonds. The highest BCUT2D eigenvalue weighted by Crippen LogP contribution is 2.40. The molecular weight excluding hydrogens is 374 g/mol. The van der Waals surface area contributed by atoms with Gasteiger partial charge in [0.1, 0.15) is 11.4 Å². The minimum Gasteiger partial charge on any atom is -0.507 e. The summed E-state index contributed by atoms with van der Waals surface area (Å²) in [6, 6.07) is 7.74. The van der Waals surface area contributed by atoms with Gasteiger partial charge in [0.15, 0.2) is 11.6 Å². The smallest absolute Gasteiger partial charge is 0.182 e. The monoisotopic (exact) mass is 407 g/mol. The van der Waals surface area contributed by atoms with Gasteiger partial charge in [-0.1, -0.05) is 47.6 Å². The summed E-state index contributed by atoms with van der Waals surface area (Å²) < 4.78 is 0. The first-order chi connectivity index (χ1) is 13.8. The highest BCUT2D eigenvalue weighted by atomic mass is 16.3. The summed E-state index contributed by atoms with van der Waals surface area (Å²) in [5.41, 5.74) is 4.55. The molecule has 5 heteroatoms. The Hall–Kier alpha value is -2.69. The maximum Gasteiger partial charge on any atom is 0.182 e. The number of hydrogen-bond acceptors (Lipinski definition) is 4. The van der Waals surface area contributed by atoms with Gasteiger partial charge < -0.3 is 10.0 Å². The van der Waals surface area contributed by atoms with E-state index in [9.17, 15) is 9.90 Å². The van der Waals surface area contributed by atoms with Gasteiger partial charge in [0.25, 0.3) is 0 Å². The fourth-order valence-electron chi connectivity index (χ4n) is 3.92. The van der Waals surface area contributed by atoms with E-state index in [1.54, 1.807) is 7.05 Å². The van der Waals surface area contributed by atoms with Gasteiger partial charge >= 0.3 is 0 Å². The molecule has 0 fully saturated rings. The van der Waals surface area contributed by atoms with Crippen LogP contribution in [0.25, 0.3) is 0 Å². The van der Waals surface area contributed by atoms with Crippen LogP contribution in [-0.2, 0) is 17.4 Å². The molecule has 1 aliphatic rings. The van der Waals surface area contributed by atoms with Gasteiger partial charge in [0.2, 0.25) is 0 Å². The molecule has 0 saturated heterocycles. The predicted molar refractivity (Wildman–Crippen MR) is 122 cm³/mol. The number of aromatic nitrogens is 1. The van der Waals surface area contributed by atoms with Crippen LogP contribution in [0.1, 0.15) is 80.0 Å². The van der Waals surface area contributed by atoms with Crippen molar-refractivity contribution in [3.63, 3.8) is 0 Å². The zero-order valence-electron chi connectivity index (χ0n) is 19.4. The second-order valence-corrected chi connectivity index (χ2v) is 10.2. The average Bonchev–Trinajstić information content (AvgIpc) is 2.95. The molecule has 160 valence electrons. The largest absolute Gasteiger partial charge is 0.507 e. The molecule has 5 nitrogen and oxygen atoms in total. The predicted octanol–water partition coefficient (Wildman–Crippen LogP) is 4.77. The summed E-state index contributed by atoms with van der Waals surface area (Å²) in [4.78, 5) is 24.4. The van der Waals surface area contributed by atoms with Crippen LogP contribution in [0.15, 0.2) is 29.3 Å². The van der Waals surface area contributed by atoms with Crippen LogP contribution in [0.4, 0.5) is 0 Å². The lowest BCUT2D eigenvalue weighted by atomic mass is 9.78. The SMILES string of the molecule is C/N=C1/c2nc(C)ccc2CN1CC(=O)c1cc(C(C)(C)C)c(O)c(C(C)(C)C)c1. The third-order valence-corrected chi connectivity index (χ3v) is 5.58. The van der Waals surface area contributed by atoms with Crippen molar-refractivity contribution < 1.29 is 9.90 Å². The van der Waals surface area contributed by atoms with Crippen molar-refractivity contribution in [2.24, 2.45) is 4.99 Å². The zero-order chi connectivity index (χ0) is 22.4. The number of phenolic OH excluding ortho intramolecular Hbond substituents is 1. The topological polar surface area (TPSA) is 65.8 Å². The van der Waals surface area contributed by atoms with Crippen LogP contribution in [-0.4, -0.2) is 40.2 Å². The molecule has 1 aromatic heterocycles. The van der Waals surface area contributed by atoms with E-state index in [0.29, 0.717) is 12.1 Å². The van der Waals surface area contributed by atoms with E-state index < -0.39 is 0 Å². The number of hydrogen-bond donors (Lipinski definition) is 1. The van der Waals surface area contributed by atoms with E-state index >= 15 is 0 Å². The van der Waals surface area contributed by atoms with Gasteiger partial charge in [-0.25, -0.2) is 4.98 Å². The summed E-state index contributed by atoms with van der Waals surface area (Å²) in [7, 11) is 1.74. The van der Waals surface area contributed by atoms with Crippen LogP contribution < -0.4 is 0 Å². The molecule has 3 rings (SSSR count). The third-order valence-electron chi connectivity index (χ3n) is 5.58. The molecule has 0 saturated carbocycles. The van der Waals surface area contributed by atoms with E-state index in [0.717, 1.165) is 33.9 Å². The number of nitrogens with zero attached hydrogens (tertiary/aromatic N) is 3. The number of fused-ring (bicyclic) bond motifs is 1. The van der Waals surface area contributed by atoms with Crippen LogP contribution >= 0.6 is 0 Å². The molecule has 0 aliphatic carbocycles. The summed E-state index contributed by atoms with van der Waals surface area (Å²) in [5, 5.41) is 10.9. The lowest BCUT2D eigenvalue weighted by Gasteiger charge is -2.28. The first-order valence-corrected chi connectivity index (χ1v) is 10.4. The number of aliphatic imine (C=N–C) groups is 1. The number of amidine groups is 1. The molecule has 2 heterocycles. The van der Waals surface area contributed by atoms with Gasteiger partial charge in [-0.05, 0) is 36.0 Å². The number of rotatable bonds is 3. The Labute approximate surface area is 179 Å². The number of carbonyl (C=O) groups excluding carboxylic acids is 1. The van der Waals surface area contributed by atoms with Crippen molar-refractivity contribution >= 4 is 11.6 Å². The van der Waals surface area contributed by atoms with Gasteiger partial charge in [-0.15, -0.1) is 0 Å². The minimum atomic E-state index is -0.276. The van der Waals surface area contributed by atoms with Gasteiger partial charge in [0, 0.05) is 41.5 Å². The van der Waals surface area contributed by atoms with Crippen molar-refractivity contribution in [2.75, 3.05) is 13.6 Å². The molecule has 0 atom stereocenters. The summed E-state index contributed by atoms with van der Waals surface area (Å²) in [6.07, 6.45) is 0. The number of aromatic hydroxyl groups is 1. The van der Waals surface area contributed by atoms with Crippen molar-refractivity contribution in [1.29, 1.82) is 0 Å². The van der Waals surface area contributed by atoms with E-state index in [2.05, 4.69) is 57.6 Å². The highest BCUT2D eigenvalue weighted by Gasteiger charge is 2.31. The van der Waals surface area contributed by atoms with Crippen LogP contribution in [0.2, 0.25) is 0 Å². The average molecular weight is 408 g/mol. The molecule has 2 aromatic rings. The van der Waals surface area contributed by atoms with E-state index in [-0.39, 0.29) is 28.9 Å². The first kappa shape index (κ1) is 22.0. The number of Topliss-reactive ketones (excluding diaryl/α,β-unsaturated/α-hetero) is 1. The summed E-state index contributed by atoms with van der Waals surface area (Å²) in [6.45, 7) is 15.1. The lowest BCUT2D eigenvalue weighted by Crippen LogP contribution is -2.31. The Morgan fingerprint density at radius 3 is 2.17 bits per heavy atom. The van der Waals surface area contributed by atoms with Gasteiger partial charge in [0.05, 0.1) is 6.54 Å². The first-order valence-electron chi connectivity index (χ1n) is 10.4. The van der Waals surface area contributed by atoms with Gasteiger partial charge in [-0.3, -0.25) is 9.79 Å². The number of carbonyl (C=O) groups is 1. The van der Waals surface area contributed by atoms with Crippen LogP contribution in [0.5, 0.6) is 5.75 Å². The Morgan fingerprint density at radius 1 is 1.10 bits per heavy atom. The van der Waals surface area contributed by atoms with E-state index in [1.807, 2.05) is 30.0 Å². The summed E-state index contributed by atoms with van der Waals surface area (Å²) in [5.74, 6) is 1.06. The fourth-order valence-corrected chi connectivity index (χ4v) is 3.92. The quantitative estimate of drug-likeness (QED) is 0.745. The third kappa shape index (κ3) is 4.11. The normalized spacial score (nSPS) is 15.6. The molecule has 0 radical (unpaired) electrons. The molecule has 0 spiro atoms. The zero-order valence-corrected chi connectivity index (χ0v) is 19.4. The van der Waals surface area contributed by atoms with Crippen molar-refractivity contribution in [3.05, 3.63) is 57.9 Å². The summed E-state index contributed by atoms with van der Waals surface area (Å²) >= 11 is 0. The minimum absolute atomic E-state index is 0.0108. The molecule has 0 unspecified atom stereocenters. The molecule has 0 bridgehead atoms. The maximum atomic E-state index is 13.4. The Morgan fingerprint density at radius 2 is 1.67 bits per heavy atom. The van der Waals surface area contributed by atoms with Crippen LogP contribution in [0, 0.1) is 6.92 Å². The second-order valence-electron chi connectivity index (χ2n) is 10.2. The molecule has 30 heavy (non-hydrogen) atoms. The van der Waals surface area contributed by atoms with Gasteiger partial charge in [-0.2, -0.15) is 0 Å².